The molecule has 1 amide bonds. The molecule has 1 N–H and O–H groups in total. The molecule has 0 aliphatic heterocycles. The van der Waals surface area contributed by atoms with Crippen LogP contribution < -0.4 is 5.32 Å². The first-order valence-electron chi connectivity index (χ1n) is 6.23. The van der Waals surface area contributed by atoms with Crippen LogP contribution in [0.3, 0.4) is 0 Å². The Morgan fingerprint density at radius 3 is 2.52 bits per heavy atom. The fraction of sp³-hybridized carbons (Fsp3) is 0.0625. The minimum Gasteiger partial charge on any atom is -0.323 e. The third kappa shape index (κ3) is 4.65. The standard InChI is InChI=1S/C16H14FNO2S/c1-21(20)15-8-6-14(7-9-15)18-16(19)10-5-12-3-2-4-13(17)11-12/h2-11H,1H3,(H,18,19)/b10-5+. The maximum atomic E-state index is 13.0. The second-order valence-electron chi connectivity index (χ2n) is 4.36. The Morgan fingerprint density at radius 1 is 1.19 bits per heavy atom. The molecule has 0 aromatic heterocycles. The van der Waals surface area contributed by atoms with Crippen LogP contribution >= 0.6 is 0 Å². The number of carbonyl (C=O) groups excluding carboxylic acids is 1. The summed E-state index contributed by atoms with van der Waals surface area (Å²) in [5.74, 6) is -0.662. The minimum atomic E-state index is -1.04. The molecule has 0 aliphatic rings. The zero-order chi connectivity index (χ0) is 15.2. The summed E-state index contributed by atoms with van der Waals surface area (Å²) in [6, 6.07) is 12.7. The van der Waals surface area contributed by atoms with Crippen molar-refractivity contribution in [3.8, 4) is 0 Å². The van der Waals surface area contributed by atoms with Crippen molar-refractivity contribution in [2.45, 2.75) is 4.90 Å². The topological polar surface area (TPSA) is 46.2 Å². The van der Waals surface area contributed by atoms with Crippen LogP contribution in [0.15, 0.2) is 59.5 Å². The molecular formula is C16H14FNO2S. The van der Waals surface area contributed by atoms with Crippen molar-refractivity contribution < 1.29 is 13.4 Å². The quantitative estimate of drug-likeness (QED) is 0.882. The van der Waals surface area contributed by atoms with E-state index < -0.39 is 10.8 Å². The number of amides is 1. The molecule has 0 bridgehead atoms. The van der Waals surface area contributed by atoms with Crippen LogP contribution in [0.2, 0.25) is 0 Å². The molecule has 3 nitrogen and oxygen atoms in total. The maximum absolute atomic E-state index is 13.0. The lowest BCUT2D eigenvalue weighted by molar-refractivity contribution is -0.111. The number of nitrogens with one attached hydrogen (secondary N) is 1. The van der Waals surface area contributed by atoms with E-state index in [1.54, 1.807) is 42.7 Å². The largest absolute Gasteiger partial charge is 0.323 e. The molecule has 0 aliphatic carbocycles. The normalized spacial score (nSPS) is 12.3. The van der Waals surface area contributed by atoms with Gasteiger partial charge in [-0.1, -0.05) is 12.1 Å². The average Bonchev–Trinajstić information content (AvgIpc) is 2.46. The van der Waals surface area contributed by atoms with E-state index in [-0.39, 0.29) is 11.7 Å². The van der Waals surface area contributed by atoms with Gasteiger partial charge in [0.25, 0.3) is 0 Å². The van der Waals surface area contributed by atoms with E-state index in [9.17, 15) is 13.4 Å². The SMILES string of the molecule is CS(=O)c1ccc(NC(=O)/C=C/c2cccc(F)c2)cc1. The molecule has 5 heteroatoms. The van der Waals surface area contributed by atoms with Crippen molar-refractivity contribution in [2.75, 3.05) is 11.6 Å². The zero-order valence-electron chi connectivity index (χ0n) is 11.4. The summed E-state index contributed by atoms with van der Waals surface area (Å²) < 4.78 is 24.2. The summed E-state index contributed by atoms with van der Waals surface area (Å²) in [5, 5.41) is 2.67. The van der Waals surface area contributed by atoms with Crippen molar-refractivity contribution >= 4 is 28.5 Å². The van der Waals surface area contributed by atoms with Crippen molar-refractivity contribution in [1.29, 1.82) is 0 Å². The second kappa shape index (κ2) is 6.95. The Hall–Kier alpha value is -2.27. The zero-order valence-corrected chi connectivity index (χ0v) is 12.2. The molecule has 1 unspecified atom stereocenters. The van der Waals surface area contributed by atoms with Gasteiger partial charge in [0.15, 0.2) is 0 Å². The predicted molar refractivity (Wildman–Crippen MR) is 82.8 cm³/mol. The fourth-order valence-electron chi connectivity index (χ4n) is 1.70. The van der Waals surface area contributed by atoms with Gasteiger partial charge in [0.05, 0.1) is 0 Å². The molecular weight excluding hydrogens is 289 g/mol. The van der Waals surface area contributed by atoms with Gasteiger partial charge >= 0.3 is 0 Å². The van der Waals surface area contributed by atoms with E-state index in [0.29, 0.717) is 16.1 Å². The van der Waals surface area contributed by atoms with Crippen LogP contribution in [0.5, 0.6) is 0 Å². The Morgan fingerprint density at radius 2 is 1.90 bits per heavy atom. The van der Waals surface area contributed by atoms with Gasteiger partial charge in [-0.2, -0.15) is 0 Å². The Balaban J connectivity index is 1.99. The molecule has 2 rings (SSSR count). The van der Waals surface area contributed by atoms with Crippen LogP contribution in [0.4, 0.5) is 10.1 Å². The van der Waals surface area contributed by atoms with E-state index in [0.717, 1.165) is 0 Å². The lowest BCUT2D eigenvalue weighted by Gasteiger charge is -2.03. The molecule has 1 atom stereocenters. The molecule has 0 saturated heterocycles. The predicted octanol–water partition coefficient (Wildman–Crippen LogP) is 3.22. The van der Waals surface area contributed by atoms with Crippen LogP contribution in [0.25, 0.3) is 6.08 Å². The van der Waals surface area contributed by atoms with E-state index in [1.165, 1.54) is 24.3 Å². The lowest BCUT2D eigenvalue weighted by atomic mass is 10.2. The Kier molecular flexibility index (Phi) is 5.00. The molecule has 0 radical (unpaired) electrons. The van der Waals surface area contributed by atoms with E-state index >= 15 is 0 Å². The number of hydrogen-bond donors (Lipinski definition) is 1. The number of benzene rings is 2. The van der Waals surface area contributed by atoms with Gasteiger partial charge in [0.1, 0.15) is 5.82 Å². The molecule has 0 heterocycles. The highest BCUT2D eigenvalue weighted by Gasteiger charge is 2.00. The summed E-state index contributed by atoms with van der Waals surface area (Å²) in [5.41, 5.74) is 1.22. The summed E-state index contributed by atoms with van der Waals surface area (Å²) >= 11 is 0. The van der Waals surface area contributed by atoms with Gasteiger partial charge in [-0.3, -0.25) is 9.00 Å². The maximum Gasteiger partial charge on any atom is 0.248 e. The van der Waals surface area contributed by atoms with Gasteiger partial charge in [0, 0.05) is 33.7 Å². The van der Waals surface area contributed by atoms with E-state index in [2.05, 4.69) is 5.32 Å². The average molecular weight is 303 g/mol. The van der Waals surface area contributed by atoms with Crippen LogP contribution in [-0.2, 0) is 15.6 Å². The third-order valence-electron chi connectivity index (χ3n) is 2.73. The van der Waals surface area contributed by atoms with Gasteiger partial charge < -0.3 is 5.32 Å². The van der Waals surface area contributed by atoms with Gasteiger partial charge in [0.2, 0.25) is 5.91 Å². The highest BCUT2D eigenvalue weighted by atomic mass is 32.2. The molecule has 0 saturated carbocycles. The molecule has 0 spiro atoms. The summed E-state index contributed by atoms with van der Waals surface area (Å²) in [6.45, 7) is 0. The number of rotatable bonds is 4. The van der Waals surface area contributed by atoms with Crippen LogP contribution in [0, 0.1) is 5.82 Å². The second-order valence-corrected chi connectivity index (χ2v) is 5.74. The number of halogens is 1. The van der Waals surface area contributed by atoms with Gasteiger partial charge in [-0.15, -0.1) is 0 Å². The smallest absolute Gasteiger partial charge is 0.248 e. The highest BCUT2D eigenvalue weighted by Crippen LogP contribution is 2.12. The lowest BCUT2D eigenvalue weighted by Crippen LogP contribution is -2.07. The van der Waals surface area contributed by atoms with Crippen molar-refractivity contribution in [3.05, 3.63) is 66.0 Å². The third-order valence-corrected chi connectivity index (χ3v) is 3.67. The first-order valence-corrected chi connectivity index (χ1v) is 7.78. The molecule has 2 aromatic carbocycles. The highest BCUT2D eigenvalue weighted by molar-refractivity contribution is 7.84. The number of hydrogen-bond acceptors (Lipinski definition) is 2. The summed E-state index contributed by atoms with van der Waals surface area (Å²) in [4.78, 5) is 12.4. The van der Waals surface area contributed by atoms with Crippen molar-refractivity contribution in [3.63, 3.8) is 0 Å². The fourth-order valence-corrected chi connectivity index (χ4v) is 2.22. The molecule has 0 fully saturated rings. The molecule has 2 aromatic rings. The Labute approximate surface area is 125 Å². The van der Waals surface area contributed by atoms with Gasteiger partial charge in [-0.05, 0) is 48.0 Å². The monoisotopic (exact) mass is 303 g/mol. The van der Waals surface area contributed by atoms with Crippen LogP contribution in [-0.4, -0.2) is 16.4 Å². The first kappa shape index (κ1) is 15.1. The molecule has 108 valence electrons. The Bertz CT molecular complexity index is 696. The summed E-state index contributed by atoms with van der Waals surface area (Å²) in [6.07, 6.45) is 4.46. The summed E-state index contributed by atoms with van der Waals surface area (Å²) in [7, 11) is -1.04. The molecule has 21 heavy (non-hydrogen) atoms. The van der Waals surface area contributed by atoms with Crippen molar-refractivity contribution in [2.24, 2.45) is 0 Å². The van der Waals surface area contributed by atoms with Crippen molar-refractivity contribution in [1.82, 2.24) is 0 Å². The van der Waals surface area contributed by atoms with E-state index in [1.807, 2.05) is 0 Å². The van der Waals surface area contributed by atoms with Crippen LogP contribution in [0.1, 0.15) is 5.56 Å². The number of anilines is 1. The van der Waals surface area contributed by atoms with Gasteiger partial charge in [-0.25, -0.2) is 4.39 Å². The minimum absolute atomic E-state index is 0.315. The number of carbonyl (C=O) groups is 1. The first-order chi connectivity index (χ1) is 10.0. The van der Waals surface area contributed by atoms with E-state index in [4.69, 9.17) is 0 Å².